The zero-order valence-electron chi connectivity index (χ0n) is 12.5. The van der Waals surface area contributed by atoms with E-state index in [-0.39, 0.29) is 18.2 Å². The molecule has 2 heterocycles. The summed E-state index contributed by atoms with van der Waals surface area (Å²) in [6.07, 6.45) is 4.89. The lowest BCUT2D eigenvalue weighted by molar-refractivity contribution is 0.0519. The minimum absolute atomic E-state index is 0.0907. The smallest absolute Gasteiger partial charge is 0.360 e. The van der Waals surface area contributed by atoms with Crippen LogP contribution in [0.25, 0.3) is 21.9 Å². The van der Waals surface area contributed by atoms with Crippen LogP contribution in [0.3, 0.4) is 0 Å². The molecule has 0 amide bonds. The summed E-state index contributed by atoms with van der Waals surface area (Å²) >= 11 is 0. The van der Waals surface area contributed by atoms with Crippen LogP contribution >= 0.6 is 0 Å². The second-order valence-corrected chi connectivity index (χ2v) is 4.29. The number of carbonyl (C=O) groups is 1. The predicted molar refractivity (Wildman–Crippen MR) is 79.8 cm³/mol. The maximum Gasteiger partial charge on any atom is 0.360 e. The Morgan fingerprint density at radius 3 is 3.17 bits per heavy atom. The van der Waals surface area contributed by atoms with Gasteiger partial charge < -0.3 is 13.9 Å². The molecule has 0 saturated carbocycles. The highest BCUT2D eigenvalue weighted by Crippen LogP contribution is 2.28. The summed E-state index contributed by atoms with van der Waals surface area (Å²) < 4.78 is 15.8. The largest absolute Gasteiger partial charge is 0.491 e. The van der Waals surface area contributed by atoms with E-state index in [0.717, 1.165) is 0 Å². The number of carbonyl (C=O) groups excluding carboxylic acids is 1. The first-order valence-corrected chi connectivity index (χ1v) is 6.97. The minimum Gasteiger partial charge on any atom is -0.491 e. The van der Waals surface area contributed by atoms with Crippen LogP contribution in [0.15, 0.2) is 34.3 Å². The van der Waals surface area contributed by atoms with Gasteiger partial charge in [0.2, 0.25) is 5.89 Å². The van der Waals surface area contributed by atoms with Gasteiger partial charge in [-0.05, 0) is 24.9 Å². The van der Waals surface area contributed by atoms with Crippen molar-refractivity contribution in [3.63, 3.8) is 0 Å². The summed E-state index contributed by atoms with van der Waals surface area (Å²) in [5.74, 6) is 0.152. The number of aromatic nitrogens is 2. The van der Waals surface area contributed by atoms with Crippen molar-refractivity contribution in [3.8, 4) is 17.2 Å². The molecule has 0 bridgehead atoms. The molecule has 0 aliphatic rings. The van der Waals surface area contributed by atoms with Gasteiger partial charge in [-0.3, -0.25) is 4.98 Å². The maximum absolute atomic E-state index is 11.6. The maximum atomic E-state index is 11.6. The number of nitrogens with zero attached hydrogens (tertiary/aromatic N) is 5. The van der Waals surface area contributed by atoms with E-state index >= 15 is 0 Å². The Morgan fingerprint density at radius 1 is 1.52 bits per heavy atom. The second kappa shape index (κ2) is 8.40. The SMILES string of the molecule is CCOC(=O)c1coc(-c2ccncc2OCCCN=[N+]=[N-])n1. The van der Waals surface area contributed by atoms with Crippen LogP contribution in [-0.2, 0) is 4.74 Å². The molecule has 0 radical (unpaired) electrons. The Bertz CT molecular complexity index is 709. The molecule has 2 aromatic heterocycles. The molecule has 2 aromatic rings. The quantitative estimate of drug-likeness (QED) is 0.242. The summed E-state index contributed by atoms with van der Waals surface area (Å²) in [5, 5.41) is 3.43. The average molecular weight is 317 g/mol. The van der Waals surface area contributed by atoms with Crippen molar-refractivity contribution in [2.75, 3.05) is 19.8 Å². The molecule has 0 fully saturated rings. The lowest BCUT2D eigenvalue weighted by atomic mass is 10.2. The van der Waals surface area contributed by atoms with E-state index in [2.05, 4.69) is 20.0 Å². The Labute approximate surface area is 131 Å². The molecule has 0 atom stereocenters. The molecule has 9 nitrogen and oxygen atoms in total. The Morgan fingerprint density at radius 2 is 2.39 bits per heavy atom. The molecule has 23 heavy (non-hydrogen) atoms. The van der Waals surface area contributed by atoms with Gasteiger partial charge in [0.25, 0.3) is 0 Å². The number of ether oxygens (including phenoxy) is 2. The van der Waals surface area contributed by atoms with E-state index in [1.165, 1.54) is 12.5 Å². The summed E-state index contributed by atoms with van der Waals surface area (Å²) in [6.45, 7) is 2.67. The highest BCUT2D eigenvalue weighted by molar-refractivity contribution is 5.87. The van der Waals surface area contributed by atoms with Gasteiger partial charge in [-0.2, -0.15) is 0 Å². The third kappa shape index (κ3) is 4.45. The van der Waals surface area contributed by atoms with Crippen LogP contribution in [0, 0.1) is 0 Å². The Hall–Kier alpha value is -3.06. The van der Waals surface area contributed by atoms with Gasteiger partial charge in [0.15, 0.2) is 5.69 Å². The van der Waals surface area contributed by atoms with E-state index in [0.29, 0.717) is 30.9 Å². The van der Waals surface area contributed by atoms with Crippen molar-refractivity contribution in [2.45, 2.75) is 13.3 Å². The number of rotatable bonds is 8. The Kier molecular flexibility index (Phi) is 5.96. The molecule has 0 N–H and O–H groups in total. The van der Waals surface area contributed by atoms with Crippen LogP contribution in [0.5, 0.6) is 5.75 Å². The molecule has 9 heteroatoms. The van der Waals surface area contributed by atoms with Crippen molar-refractivity contribution in [3.05, 3.63) is 40.9 Å². The van der Waals surface area contributed by atoms with Crippen molar-refractivity contribution in [1.29, 1.82) is 0 Å². The fourth-order valence-electron chi connectivity index (χ4n) is 1.73. The molecule has 2 rings (SSSR count). The molecule has 0 spiro atoms. The van der Waals surface area contributed by atoms with Gasteiger partial charge in [0.05, 0.1) is 25.0 Å². The number of esters is 1. The van der Waals surface area contributed by atoms with E-state index in [1.807, 2.05) is 0 Å². The zero-order chi connectivity index (χ0) is 16.5. The van der Waals surface area contributed by atoms with E-state index in [1.54, 1.807) is 19.2 Å². The summed E-state index contributed by atoms with van der Waals surface area (Å²) in [4.78, 5) is 22.4. The number of oxazole rings is 1. The van der Waals surface area contributed by atoms with Crippen LogP contribution in [0.4, 0.5) is 0 Å². The van der Waals surface area contributed by atoms with Gasteiger partial charge in [-0.25, -0.2) is 9.78 Å². The molecule has 0 aromatic carbocycles. The van der Waals surface area contributed by atoms with Crippen LogP contribution in [-0.4, -0.2) is 35.7 Å². The first-order valence-electron chi connectivity index (χ1n) is 6.97. The summed E-state index contributed by atoms with van der Waals surface area (Å²) in [7, 11) is 0. The van der Waals surface area contributed by atoms with Gasteiger partial charge in [0, 0.05) is 17.7 Å². The van der Waals surface area contributed by atoms with Gasteiger partial charge in [0.1, 0.15) is 12.0 Å². The average Bonchev–Trinajstić information content (AvgIpc) is 3.05. The molecular formula is C14H15N5O4. The highest BCUT2D eigenvalue weighted by Gasteiger charge is 2.17. The molecule has 0 aliphatic carbocycles. The molecule has 0 unspecified atom stereocenters. The summed E-state index contributed by atoms with van der Waals surface area (Å²) in [5.41, 5.74) is 8.87. The lowest BCUT2D eigenvalue weighted by Gasteiger charge is -2.07. The highest BCUT2D eigenvalue weighted by atomic mass is 16.5. The third-order valence-electron chi connectivity index (χ3n) is 2.73. The first-order chi connectivity index (χ1) is 11.3. The van der Waals surface area contributed by atoms with Gasteiger partial charge >= 0.3 is 5.97 Å². The fraction of sp³-hybridized carbons (Fsp3) is 0.357. The predicted octanol–water partition coefficient (Wildman–Crippen LogP) is 2.99. The standard InChI is InChI=1S/C14H15N5O4/c1-2-21-14(20)11-9-23-13(18-11)10-4-6-16-8-12(10)22-7-3-5-17-19-15/h4,6,8-9H,2-3,5,7H2,1H3. The number of hydrogen-bond donors (Lipinski definition) is 0. The van der Waals surface area contributed by atoms with E-state index in [9.17, 15) is 4.79 Å². The monoisotopic (exact) mass is 317 g/mol. The molecule has 120 valence electrons. The lowest BCUT2D eigenvalue weighted by Crippen LogP contribution is -2.05. The van der Waals surface area contributed by atoms with Crippen molar-refractivity contribution < 1.29 is 18.7 Å². The van der Waals surface area contributed by atoms with Crippen molar-refractivity contribution >= 4 is 5.97 Å². The van der Waals surface area contributed by atoms with E-state index < -0.39 is 5.97 Å². The van der Waals surface area contributed by atoms with Crippen LogP contribution in [0.1, 0.15) is 23.8 Å². The summed E-state index contributed by atoms with van der Waals surface area (Å²) in [6, 6.07) is 1.67. The second-order valence-electron chi connectivity index (χ2n) is 4.29. The topological polar surface area (TPSA) is 123 Å². The van der Waals surface area contributed by atoms with Crippen LogP contribution in [0.2, 0.25) is 0 Å². The van der Waals surface area contributed by atoms with Gasteiger partial charge in [-0.15, -0.1) is 0 Å². The van der Waals surface area contributed by atoms with Crippen molar-refractivity contribution in [1.82, 2.24) is 9.97 Å². The molecule has 0 saturated heterocycles. The minimum atomic E-state index is -0.548. The van der Waals surface area contributed by atoms with E-state index in [4.69, 9.17) is 19.4 Å². The van der Waals surface area contributed by atoms with Crippen LogP contribution < -0.4 is 4.74 Å². The zero-order valence-corrected chi connectivity index (χ0v) is 12.5. The Balaban J connectivity index is 2.10. The number of azide groups is 1. The normalized spacial score (nSPS) is 9.96. The molecule has 0 aliphatic heterocycles. The molecular weight excluding hydrogens is 302 g/mol. The van der Waals surface area contributed by atoms with Crippen molar-refractivity contribution in [2.24, 2.45) is 5.11 Å². The van der Waals surface area contributed by atoms with Gasteiger partial charge in [-0.1, -0.05) is 5.11 Å². The number of hydrogen-bond acceptors (Lipinski definition) is 7. The first kappa shape index (κ1) is 16.3. The number of pyridine rings is 1. The third-order valence-corrected chi connectivity index (χ3v) is 2.73. The fourth-order valence-corrected chi connectivity index (χ4v) is 1.73.